The van der Waals surface area contributed by atoms with E-state index in [4.69, 9.17) is 4.74 Å². The third-order valence-corrected chi connectivity index (χ3v) is 4.68. The zero-order valence-corrected chi connectivity index (χ0v) is 16.2. The largest absolute Gasteiger partial charge is 0.379 e. The van der Waals surface area contributed by atoms with E-state index < -0.39 is 0 Å². The average Bonchev–Trinajstić information content (AvgIpc) is 2.58. The second-order valence-electron chi connectivity index (χ2n) is 6.53. The third-order valence-electron chi connectivity index (χ3n) is 4.68. The van der Waals surface area contributed by atoms with Gasteiger partial charge < -0.3 is 15.4 Å². The highest BCUT2D eigenvalue weighted by atomic mass is 35.5. The van der Waals surface area contributed by atoms with Crippen LogP contribution in [0.4, 0.5) is 5.69 Å². The van der Waals surface area contributed by atoms with E-state index in [1.807, 2.05) is 12.1 Å². The van der Waals surface area contributed by atoms with Crippen molar-refractivity contribution in [2.24, 2.45) is 5.92 Å². The molecule has 2 aliphatic rings. The number of carbonyl (C=O) groups excluding carboxylic acids is 1. The van der Waals surface area contributed by atoms with E-state index in [0.29, 0.717) is 12.3 Å². The van der Waals surface area contributed by atoms with Crippen molar-refractivity contribution in [3.63, 3.8) is 0 Å². The molecule has 2 fully saturated rings. The van der Waals surface area contributed by atoms with Crippen molar-refractivity contribution in [1.82, 2.24) is 10.2 Å². The zero-order valence-electron chi connectivity index (χ0n) is 14.5. The predicted octanol–water partition coefficient (Wildman–Crippen LogP) is 2.69. The van der Waals surface area contributed by atoms with Crippen LogP contribution in [0.3, 0.4) is 0 Å². The van der Waals surface area contributed by atoms with Gasteiger partial charge in [0.15, 0.2) is 0 Å². The van der Waals surface area contributed by atoms with Crippen LogP contribution in [0, 0.1) is 5.92 Å². The van der Waals surface area contributed by atoms with Crippen molar-refractivity contribution in [2.75, 3.05) is 44.7 Å². The summed E-state index contributed by atoms with van der Waals surface area (Å²) in [6, 6.07) is 8.23. The number of amides is 1. The molecule has 1 amide bonds. The van der Waals surface area contributed by atoms with Crippen LogP contribution >= 0.6 is 24.8 Å². The number of anilines is 1. The van der Waals surface area contributed by atoms with Gasteiger partial charge in [0.25, 0.3) is 0 Å². The molecule has 2 N–H and O–H groups in total. The first-order chi connectivity index (χ1) is 11.3. The summed E-state index contributed by atoms with van der Waals surface area (Å²) >= 11 is 0. The molecule has 0 aliphatic carbocycles. The van der Waals surface area contributed by atoms with Crippen LogP contribution in [0.15, 0.2) is 24.3 Å². The molecule has 2 heterocycles. The van der Waals surface area contributed by atoms with Crippen LogP contribution in [0.1, 0.15) is 24.8 Å². The van der Waals surface area contributed by atoms with E-state index in [1.165, 1.54) is 5.56 Å². The molecule has 0 spiro atoms. The molecule has 142 valence electrons. The maximum atomic E-state index is 12.1. The number of nitrogens with one attached hydrogen (secondary N) is 2. The Hall–Kier alpha value is -0.850. The Bertz CT molecular complexity index is 502. The zero-order chi connectivity index (χ0) is 15.9. The summed E-state index contributed by atoms with van der Waals surface area (Å²) < 4.78 is 5.37. The first-order valence-electron chi connectivity index (χ1n) is 8.69. The second-order valence-corrected chi connectivity index (χ2v) is 6.53. The Morgan fingerprint density at radius 3 is 2.40 bits per heavy atom. The molecule has 7 heteroatoms. The second kappa shape index (κ2) is 11.7. The van der Waals surface area contributed by atoms with Crippen molar-refractivity contribution in [3.8, 4) is 0 Å². The molecule has 5 nitrogen and oxygen atoms in total. The van der Waals surface area contributed by atoms with Crippen LogP contribution in [0.2, 0.25) is 0 Å². The lowest BCUT2D eigenvalue weighted by Gasteiger charge is -2.26. The van der Waals surface area contributed by atoms with Gasteiger partial charge in [-0.05, 0) is 49.5 Å². The van der Waals surface area contributed by atoms with Crippen LogP contribution in [0.5, 0.6) is 0 Å². The van der Waals surface area contributed by atoms with E-state index in [0.717, 1.165) is 64.5 Å². The van der Waals surface area contributed by atoms with E-state index in [-0.39, 0.29) is 30.7 Å². The number of benzene rings is 1. The highest BCUT2D eigenvalue weighted by Crippen LogP contribution is 2.18. The SMILES string of the molecule is Cl.Cl.O=C(CC1CCNCC1)Nc1ccc(CN2CCOCC2)cc1. The molecule has 25 heavy (non-hydrogen) atoms. The van der Waals surface area contributed by atoms with Crippen molar-refractivity contribution >= 4 is 36.4 Å². The number of piperidine rings is 1. The van der Waals surface area contributed by atoms with Crippen molar-refractivity contribution in [3.05, 3.63) is 29.8 Å². The van der Waals surface area contributed by atoms with Gasteiger partial charge in [-0.1, -0.05) is 12.1 Å². The van der Waals surface area contributed by atoms with E-state index in [2.05, 4.69) is 27.7 Å². The number of nitrogens with zero attached hydrogens (tertiary/aromatic N) is 1. The fourth-order valence-corrected chi connectivity index (χ4v) is 3.27. The molecule has 0 aromatic heterocycles. The Morgan fingerprint density at radius 2 is 1.76 bits per heavy atom. The molecular weight excluding hydrogens is 361 g/mol. The number of rotatable bonds is 5. The number of morpholine rings is 1. The van der Waals surface area contributed by atoms with Crippen LogP contribution in [-0.2, 0) is 16.1 Å². The molecule has 2 saturated heterocycles. The summed E-state index contributed by atoms with van der Waals surface area (Å²) in [6.07, 6.45) is 2.84. The minimum absolute atomic E-state index is 0. The fraction of sp³-hybridized carbons (Fsp3) is 0.611. The molecule has 0 saturated carbocycles. The lowest BCUT2D eigenvalue weighted by atomic mass is 9.94. The Morgan fingerprint density at radius 1 is 1.12 bits per heavy atom. The molecule has 0 bridgehead atoms. The van der Waals surface area contributed by atoms with Gasteiger partial charge in [0, 0.05) is 31.7 Å². The van der Waals surface area contributed by atoms with Gasteiger partial charge in [-0.2, -0.15) is 0 Å². The molecule has 3 rings (SSSR count). The predicted molar refractivity (Wildman–Crippen MR) is 106 cm³/mol. The molecule has 0 unspecified atom stereocenters. The van der Waals surface area contributed by atoms with Gasteiger partial charge in [0.05, 0.1) is 13.2 Å². The highest BCUT2D eigenvalue weighted by molar-refractivity contribution is 5.90. The number of carbonyl (C=O) groups is 1. The Balaban J connectivity index is 0.00000156. The first-order valence-corrected chi connectivity index (χ1v) is 8.69. The number of halogens is 2. The summed E-state index contributed by atoms with van der Waals surface area (Å²) in [7, 11) is 0. The maximum Gasteiger partial charge on any atom is 0.224 e. The average molecular weight is 390 g/mol. The molecule has 2 aliphatic heterocycles. The van der Waals surface area contributed by atoms with Gasteiger partial charge in [-0.25, -0.2) is 0 Å². The summed E-state index contributed by atoms with van der Waals surface area (Å²) in [6.45, 7) is 6.66. The van der Waals surface area contributed by atoms with Gasteiger partial charge in [-0.15, -0.1) is 24.8 Å². The third kappa shape index (κ3) is 7.50. The normalized spacial score (nSPS) is 18.7. The van der Waals surface area contributed by atoms with Crippen molar-refractivity contribution in [1.29, 1.82) is 0 Å². The highest BCUT2D eigenvalue weighted by Gasteiger charge is 2.17. The molecule has 1 aromatic rings. The van der Waals surface area contributed by atoms with Crippen LogP contribution in [0.25, 0.3) is 0 Å². The van der Waals surface area contributed by atoms with E-state index in [9.17, 15) is 4.79 Å². The van der Waals surface area contributed by atoms with E-state index in [1.54, 1.807) is 0 Å². The lowest BCUT2D eigenvalue weighted by molar-refractivity contribution is -0.117. The summed E-state index contributed by atoms with van der Waals surface area (Å²) in [5, 5.41) is 6.36. The molecule has 0 atom stereocenters. The molecule has 1 aromatic carbocycles. The Kier molecular flexibility index (Phi) is 10.4. The minimum Gasteiger partial charge on any atom is -0.379 e. The summed E-state index contributed by atoms with van der Waals surface area (Å²) in [4.78, 5) is 14.5. The molecule has 0 radical (unpaired) electrons. The number of hydrogen-bond donors (Lipinski definition) is 2. The molecular formula is C18H29Cl2N3O2. The monoisotopic (exact) mass is 389 g/mol. The van der Waals surface area contributed by atoms with Crippen molar-refractivity contribution < 1.29 is 9.53 Å². The number of ether oxygens (including phenoxy) is 1. The Labute approximate surface area is 162 Å². The van der Waals surface area contributed by atoms with Gasteiger partial charge in [-0.3, -0.25) is 9.69 Å². The van der Waals surface area contributed by atoms with Crippen LogP contribution < -0.4 is 10.6 Å². The van der Waals surface area contributed by atoms with Crippen molar-refractivity contribution in [2.45, 2.75) is 25.8 Å². The van der Waals surface area contributed by atoms with Gasteiger partial charge in [0.2, 0.25) is 5.91 Å². The summed E-state index contributed by atoms with van der Waals surface area (Å²) in [5.74, 6) is 0.662. The first kappa shape index (κ1) is 22.2. The topological polar surface area (TPSA) is 53.6 Å². The fourth-order valence-electron chi connectivity index (χ4n) is 3.27. The smallest absolute Gasteiger partial charge is 0.224 e. The summed E-state index contributed by atoms with van der Waals surface area (Å²) in [5.41, 5.74) is 2.18. The maximum absolute atomic E-state index is 12.1. The number of hydrogen-bond acceptors (Lipinski definition) is 4. The van der Waals surface area contributed by atoms with Gasteiger partial charge >= 0.3 is 0 Å². The minimum atomic E-state index is 0. The lowest BCUT2D eigenvalue weighted by Crippen LogP contribution is -2.35. The quantitative estimate of drug-likeness (QED) is 0.812. The standard InChI is InChI=1S/C18H27N3O2.2ClH/c22-18(13-15-5-7-19-8-6-15)20-17-3-1-16(2-4-17)14-21-9-11-23-12-10-21;;/h1-4,15,19H,5-14H2,(H,20,22);2*1H. The van der Waals surface area contributed by atoms with E-state index >= 15 is 0 Å². The van der Waals surface area contributed by atoms with Crippen LogP contribution in [-0.4, -0.2) is 50.2 Å². The van der Waals surface area contributed by atoms with Gasteiger partial charge in [0.1, 0.15) is 0 Å².